The van der Waals surface area contributed by atoms with Gasteiger partial charge in [0.05, 0.1) is 18.0 Å². The summed E-state index contributed by atoms with van der Waals surface area (Å²) in [6.07, 6.45) is 5.67. The molecule has 1 amide bonds. The molecular weight excluding hydrogens is 416 g/mol. The number of anilines is 1. The number of benzene rings is 2. The minimum Gasteiger partial charge on any atom is -0.486 e. The maximum Gasteiger partial charge on any atom is 0.241 e. The maximum absolute atomic E-state index is 12.8. The van der Waals surface area contributed by atoms with Gasteiger partial charge in [-0.25, -0.2) is 8.42 Å². The van der Waals surface area contributed by atoms with E-state index in [4.69, 9.17) is 9.47 Å². The van der Waals surface area contributed by atoms with Gasteiger partial charge in [-0.1, -0.05) is 18.2 Å². The quantitative estimate of drug-likeness (QED) is 0.741. The SMILES string of the molecule is C[C@@H](NC(=O)CN(c1ccc2c(c1)OCCO2)S(C)(=O)=O)c1ccc2c(c1)CCCC2. The lowest BCUT2D eigenvalue weighted by molar-refractivity contribution is -0.120. The molecule has 0 aromatic heterocycles. The second-order valence-electron chi connectivity index (χ2n) is 8.12. The molecule has 4 rings (SSSR count). The predicted octanol–water partition coefficient (Wildman–Crippen LogP) is 2.98. The summed E-state index contributed by atoms with van der Waals surface area (Å²) < 4.78 is 37.0. The number of amides is 1. The second-order valence-corrected chi connectivity index (χ2v) is 10.0. The minimum atomic E-state index is -3.68. The van der Waals surface area contributed by atoms with Crippen molar-refractivity contribution in [1.82, 2.24) is 5.32 Å². The van der Waals surface area contributed by atoms with E-state index in [1.807, 2.05) is 13.0 Å². The average Bonchev–Trinajstić information content (AvgIpc) is 2.76. The van der Waals surface area contributed by atoms with Gasteiger partial charge >= 0.3 is 0 Å². The highest BCUT2D eigenvalue weighted by Gasteiger charge is 2.24. The molecule has 2 aliphatic rings. The lowest BCUT2D eigenvalue weighted by Crippen LogP contribution is -2.41. The summed E-state index contributed by atoms with van der Waals surface area (Å²) in [5.74, 6) is 0.666. The Hall–Kier alpha value is -2.74. The van der Waals surface area contributed by atoms with Gasteiger partial charge in [0.1, 0.15) is 19.8 Å². The van der Waals surface area contributed by atoms with Gasteiger partial charge in [0.15, 0.2) is 11.5 Å². The standard InChI is InChI=1S/C23H28N2O5S/c1-16(18-8-7-17-5-3-4-6-19(17)13-18)24-23(26)15-25(31(2,27)28)20-9-10-21-22(14-20)30-12-11-29-21/h7-10,13-14,16H,3-6,11-12,15H2,1-2H3,(H,24,26)/t16-/m1/s1. The van der Waals surface area contributed by atoms with Gasteiger partial charge in [0.25, 0.3) is 0 Å². The highest BCUT2D eigenvalue weighted by atomic mass is 32.2. The molecule has 0 spiro atoms. The zero-order valence-corrected chi connectivity index (χ0v) is 18.7. The molecule has 0 bridgehead atoms. The molecule has 0 fully saturated rings. The van der Waals surface area contributed by atoms with E-state index in [9.17, 15) is 13.2 Å². The van der Waals surface area contributed by atoms with Crippen LogP contribution in [0.1, 0.15) is 42.5 Å². The first kappa shape index (κ1) is 21.5. The topological polar surface area (TPSA) is 84.9 Å². The van der Waals surface area contributed by atoms with Crippen molar-refractivity contribution in [3.8, 4) is 11.5 Å². The lowest BCUT2D eigenvalue weighted by atomic mass is 9.89. The number of ether oxygens (including phenoxy) is 2. The number of hydrogen-bond acceptors (Lipinski definition) is 5. The fourth-order valence-electron chi connectivity index (χ4n) is 4.11. The molecule has 7 nitrogen and oxygen atoms in total. The number of aryl methyl sites for hydroxylation is 2. The molecule has 0 saturated heterocycles. The van der Waals surface area contributed by atoms with Crippen LogP contribution in [0.5, 0.6) is 11.5 Å². The summed E-state index contributed by atoms with van der Waals surface area (Å²) in [5, 5.41) is 2.94. The van der Waals surface area contributed by atoms with Crippen LogP contribution in [0.3, 0.4) is 0 Å². The van der Waals surface area contributed by atoms with Gasteiger partial charge in [-0.2, -0.15) is 0 Å². The van der Waals surface area contributed by atoms with E-state index >= 15 is 0 Å². The van der Waals surface area contributed by atoms with Crippen molar-refractivity contribution in [2.45, 2.75) is 38.6 Å². The molecule has 8 heteroatoms. The molecule has 0 saturated carbocycles. The van der Waals surface area contributed by atoms with Crippen LogP contribution in [0, 0.1) is 0 Å². The Kier molecular flexibility index (Phi) is 6.09. The molecule has 0 radical (unpaired) electrons. The summed E-state index contributed by atoms with van der Waals surface area (Å²) in [5.41, 5.74) is 4.12. The maximum atomic E-state index is 12.8. The number of nitrogens with zero attached hydrogens (tertiary/aromatic N) is 1. The first-order chi connectivity index (χ1) is 14.8. The third-order valence-electron chi connectivity index (χ3n) is 5.75. The van der Waals surface area contributed by atoms with Crippen LogP contribution < -0.4 is 19.1 Å². The van der Waals surface area contributed by atoms with E-state index in [2.05, 4.69) is 17.4 Å². The molecule has 2 aromatic carbocycles. The van der Waals surface area contributed by atoms with Gasteiger partial charge in [0, 0.05) is 6.07 Å². The Morgan fingerprint density at radius 2 is 1.74 bits per heavy atom. The van der Waals surface area contributed by atoms with Crippen LogP contribution in [0.2, 0.25) is 0 Å². The van der Waals surface area contributed by atoms with Crippen molar-refractivity contribution >= 4 is 21.6 Å². The van der Waals surface area contributed by atoms with E-state index in [-0.39, 0.29) is 18.5 Å². The zero-order valence-electron chi connectivity index (χ0n) is 17.9. The highest BCUT2D eigenvalue weighted by molar-refractivity contribution is 7.92. The fourth-order valence-corrected chi connectivity index (χ4v) is 4.96. The molecule has 1 heterocycles. The fraction of sp³-hybridized carbons (Fsp3) is 0.435. The monoisotopic (exact) mass is 444 g/mol. The third kappa shape index (κ3) is 4.95. The average molecular weight is 445 g/mol. The van der Waals surface area contributed by atoms with Gasteiger partial charge in [-0.05, 0) is 61.4 Å². The summed E-state index contributed by atoms with van der Waals surface area (Å²) in [7, 11) is -3.68. The van der Waals surface area contributed by atoms with Gasteiger partial charge in [-0.15, -0.1) is 0 Å². The van der Waals surface area contributed by atoms with Crippen molar-refractivity contribution in [2.75, 3.05) is 30.3 Å². The van der Waals surface area contributed by atoms with Crippen molar-refractivity contribution < 1.29 is 22.7 Å². The Morgan fingerprint density at radius 3 is 2.48 bits per heavy atom. The number of carbonyl (C=O) groups is 1. The summed E-state index contributed by atoms with van der Waals surface area (Å²) in [6.45, 7) is 2.45. The Morgan fingerprint density at radius 1 is 1.03 bits per heavy atom. The largest absolute Gasteiger partial charge is 0.486 e. The van der Waals surface area contributed by atoms with Crippen LogP contribution in [-0.2, 0) is 27.7 Å². The number of hydrogen-bond donors (Lipinski definition) is 1. The molecule has 1 aliphatic heterocycles. The molecule has 1 atom stereocenters. The van der Waals surface area contributed by atoms with Crippen LogP contribution in [0.25, 0.3) is 0 Å². The summed E-state index contributed by atoms with van der Waals surface area (Å²) >= 11 is 0. The Balaban J connectivity index is 1.48. The first-order valence-electron chi connectivity index (χ1n) is 10.6. The van der Waals surface area contributed by atoms with Gasteiger partial charge in [-0.3, -0.25) is 9.10 Å². The lowest BCUT2D eigenvalue weighted by Gasteiger charge is -2.25. The molecule has 166 valence electrons. The number of rotatable bonds is 6. The summed E-state index contributed by atoms with van der Waals surface area (Å²) in [6, 6.07) is 11.0. The van der Waals surface area contributed by atoms with E-state index < -0.39 is 10.0 Å². The molecule has 31 heavy (non-hydrogen) atoms. The number of fused-ring (bicyclic) bond motifs is 2. The van der Waals surface area contributed by atoms with Crippen LogP contribution in [0.15, 0.2) is 36.4 Å². The van der Waals surface area contributed by atoms with Crippen molar-refractivity contribution in [3.05, 3.63) is 53.1 Å². The van der Waals surface area contributed by atoms with E-state index in [1.54, 1.807) is 18.2 Å². The zero-order chi connectivity index (χ0) is 22.0. The number of sulfonamides is 1. The third-order valence-corrected chi connectivity index (χ3v) is 6.89. The Bertz CT molecular complexity index is 1080. The first-order valence-corrected chi connectivity index (χ1v) is 12.4. The Labute approximate surface area is 183 Å². The molecule has 0 unspecified atom stereocenters. The van der Waals surface area contributed by atoms with E-state index in [1.165, 1.54) is 24.0 Å². The molecular formula is C23H28N2O5S. The van der Waals surface area contributed by atoms with E-state index in [0.29, 0.717) is 30.4 Å². The number of nitrogens with one attached hydrogen (secondary N) is 1. The van der Waals surface area contributed by atoms with Crippen LogP contribution in [0.4, 0.5) is 5.69 Å². The summed E-state index contributed by atoms with van der Waals surface area (Å²) in [4.78, 5) is 12.8. The molecule has 1 aliphatic carbocycles. The molecule has 1 N–H and O–H groups in total. The van der Waals surface area contributed by atoms with Crippen molar-refractivity contribution in [1.29, 1.82) is 0 Å². The smallest absolute Gasteiger partial charge is 0.241 e. The van der Waals surface area contributed by atoms with Crippen molar-refractivity contribution in [3.63, 3.8) is 0 Å². The van der Waals surface area contributed by atoms with Gasteiger partial charge in [0.2, 0.25) is 15.9 Å². The predicted molar refractivity (Wildman–Crippen MR) is 119 cm³/mol. The second kappa shape index (κ2) is 8.78. The number of carbonyl (C=O) groups excluding carboxylic acids is 1. The van der Waals surface area contributed by atoms with Gasteiger partial charge < -0.3 is 14.8 Å². The minimum absolute atomic E-state index is 0.221. The molecule has 2 aromatic rings. The van der Waals surface area contributed by atoms with Crippen LogP contribution >= 0.6 is 0 Å². The normalized spacial score (nSPS) is 16.2. The van der Waals surface area contributed by atoms with Crippen molar-refractivity contribution in [2.24, 2.45) is 0 Å². The highest BCUT2D eigenvalue weighted by Crippen LogP contribution is 2.34. The van der Waals surface area contributed by atoms with Crippen LogP contribution in [-0.4, -0.2) is 40.3 Å². The van der Waals surface area contributed by atoms with E-state index in [0.717, 1.165) is 29.0 Å².